The Balaban J connectivity index is 1.70. The van der Waals surface area contributed by atoms with Crippen molar-refractivity contribution in [3.63, 3.8) is 0 Å². The van der Waals surface area contributed by atoms with Crippen molar-refractivity contribution in [2.45, 2.75) is 19.3 Å². The summed E-state index contributed by atoms with van der Waals surface area (Å²) in [6, 6.07) is 29.8. The number of halogens is 1. The van der Waals surface area contributed by atoms with Gasteiger partial charge in [-0.05, 0) is 64.7 Å². The predicted octanol–water partition coefficient (Wildman–Crippen LogP) is 7.39. The normalized spacial score (nSPS) is 14.3. The molecule has 0 saturated carbocycles. The van der Waals surface area contributed by atoms with Gasteiger partial charge in [-0.15, -0.1) is 0 Å². The molecule has 32 heavy (non-hydrogen) atoms. The maximum atomic E-state index is 6.40. The molecule has 1 aliphatic carbocycles. The monoisotopic (exact) mass is 433 g/mol. The highest BCUT2D eigenvalue weighted by molar-refractivity contribution is 6.30. The fourth-order valence-electron chi connectivity index (χ4n) is 5.46. The van der Waals surface area contributed by atoms with Crippen LogP contribution in [0.4, 0.5) is 0 Å². The van der Waals surface area contributed by atoms with E-state index in [1.807, 2.05) is 24.3 Å². The van der Waals surface area contributed by atoms with Crippen molar-refractivity contribution >= 4 is 39.4 Å². The van der Waals surface area contributed by atoms with E-state index < -0.39 is 0 Å². The van der Waals surface area contributed by atoms with Gasteiger partial charge in [0.1, 0.15) is 0 Å². The Kier molecular flexibility index (Phi) is 3.40. The van der Waals surface area contributed by atoms with Gasteiger partial charge in [0.25, 0.3) is 0 Å². The van der Waals surface area contributed by atoms with Crippen LogP contribution in [0.1, 0.15) is 25.0 Å². The number of aromatic nitrogens is 3. The summed E-state index contributed by atoms with van der Waals surface area (Å²) in [5, 5.41) is 0.715. The highest BCUT2D eigenvalue weighted by Gasteiger charge is 2.36. The predicted molar refractivity (Wildman–Crippen MR) is 132 cm³/mol. The fourth-order valence-corrected chi connectivity index (χ4v) is 5.65. The second kappa shape index (κ2) is 6.02. The minimum atomic E-state index is -0.0618. The number of para-hydroxylation sites is 2. The molecule has 0 saturated heterocycles. The Labute approximate surface area is 190 Å². The average molecular weight is 434 g/mol. The van der Waals surface area contributed by atoms with Gasteiger partial charge in [-0.1, -0.05) is 67.9 Å². The summed E-state index contributed by atoms with van der Waals surface area (Å²) < 4.78 is 4.51. The van der Waals surface area contributed by atoms with E-state index in [4.69, 9.17) is 16.6 Å². The van der Waals surface area contributed by atoms with Crippen molar-refractivity contribution in [3.05, 3.63) is 101 Å². The number of hydrogen-bond acceptors (Lipinski definition) is 1. The van der Waals surface area contributed by atoms with Crippen LogP contribution in [0.3, 0.4) is 0 Å². The topological polar surface area (TPSA) is 22.2 Å². The van der Waals surface area contributed by atoms with Crippen LogP contribution >= 0.6 is 11.6 Å². The zero-order chi connectivity index (χ0) is 21.6. The molecule has 0 amide bonds. The number of hydrogen-bond donors (Lipinski definition) is 0. The number of fused-ring (bicyclic) bond motifs is 8. The lowest BCUT2D eigenvalue weighted by Gasteiger charge is -2.21. The Morgan fingerprint density at radius 3 is 2.41 bits per heavy atom. The van der Waals surface area contributed by atoms with Crippen LogP contribution in [0, 0.1) is 0 Å². The molecule has 1 aliphatic rings. The first-order valence-electron chi connectivity index (χ1n) is 10.9. The SMILES string of the molecule is CC1(C)c2ccccc2-c2cc3c(cc21)n(-c1cccc(Cl)c1)c1nc2ccccc2n31. The Hall–Kier alpha value is -3.56. The molecule has 0 atom stereocenters. The molecule has 2 heterocycles. The third kappa shape index (κ3) is 2.19. The molecule has 154 valence electrons. The molecule has 4 aromatic carbocycles. The third-order valence-corrected chi connectivity index (χ3v) is 7.21. The van der Waals surface area contributed by atoms with E-state index in [9.17, 15) is 0 Å². The minimum absolute atomic E-state index is 0.0618. The van der Waals surface area contributed by atoms with Gasteiger partial charge in [-0.3, -0.25) is 8.97 Å². The van der Waals surface area contributed by atoms with Crippen LogP contribution in [0.15, 0.2) is 84.9 Å². The summed E-state index contributed by atoms with van der Waals surface area (Å²) in [5.41, 5.74) is 10.7. The Bertz CT molecular complexity index is 1720. The van der Waals surface area contributed by atoms with E-state index in [0.717, 1.165) is 33.5 Å². The third-order valence-electron chi connectivity index (χ3n) is 6.97. The van der Waals surface area contributed by atoms with Gasteiger partial charge in [0.2, 0.25) is 5.78 Å². The van der Waals surface area contributed by atoms with Crippen molar-refractivity contribution in [1.29, 1.82) is 0 Å². The van der Waals surface area contributed by atoms with Gasteiger partial charge in [0.15, 0.2) is 0 Å². The molecular weight excluding hydrogens is 414 g/mol. The highest BCUT2D eigenvalue weighted by atomic mass is 35.5. The van der Waals surface area contributed by atoms with E-state index in [1.54, 1.807) is 0 Å². The van der Waals surface area contributed by atoms with Gasteiger partial charge in [-0.25, -0.2) is 4.98 Å². The largest absolute Gasteiger partial charge is 0.278 e. The van der Waals surface area contributed by atoms with E-state index in [2.05, 4.69) is 83.5 Å². The smallest absolute Gasteiger partial charge is 0.220 e. The molecule has 2 aromatic heterocycles. The molecule has 0 aliphatic heterocycles. The van der Waals surface area contributed by atoms with E-state index in [1.165, 1.54) is 22.3 Å². The quantitative estimate of drug-likeness (QED) is 0.265. The summed E-state index contributed by atoms with van der Waals surface area (Å²) in [7, 11) is 0. The summed E-state index contributed by atoms with van der Waals surface area (Å²) in [4.78, 5) is 5.03. The van der Waals surface area contributed by atoms with Crippen LogP contribution in [0.2, 0.25) is 5.02 Å². The van der Waals surface area contributed by atoms with Crippen LogP contribution in [-0.2, 0) is 5.41 Å². The minimum Gasteiger partial charge on any atom is -0.278 e. The zero-order valence-electron chi connectivity index (χ0n) is 17.8. The second-order valence-electron chi connectivity index (χ2n) is 9.11. The molecule has 0 bridgehead atoms. The van der Waals surface area contributed by atoms with Crippen molar-refractivity contribution in [2.24, 2.45) is 0 Å². The Morgan fingerprint density at radius 1 is 0.719 bits per heavy atom. The lowest BCUT2D eigenvalue weighted by Crippen LogP contribution is -2.15. The molecule has 7 rings (SSSR count). The van der Waals surface area contributed by atoms with Crippen molar-refractivity contribution in [2.75, 3.05) is 0 Å². The first kappa shape index (κ1) is 18.1. The van der Waals surface area contributed by atoms with Gasteiger partial charge in [0.05, 0.1) is 27.8 Å². The van der Waals surface area contributed by atoms with Crippen molar-refractivity contribution < 1.29 is 0 Å². The molecular formula is C28H20ClN3. The van der Waals surface area contributed by atoms with Gasteiger partial charge in [0, 0.05) is 10.4 Å². The molecule has 0 fully saturated rings. The van der Waals surface area contributed by atoms with E-state index in [-0.39, 0.29) is 5.41 Å². The summed E-state index contributed by atoms with van der Waals surface area (Å²) in [5.74, 6) is 0.901. The van der Waals surface area contributed by atoms with Gasteiger partial charge in [-0.2, -0.15) is 0 Å². The standard InChI is InChI=1S/C28H20ClN3/c1-28(2)21-11-4-3-10-19(21)20-15-25-26(16-22(20)28)31(18-9-7-8-17(29)14-18)27-30-23-12-5-6-13-24(23)32(25)27/h3-16H,1-2H3. The van der Waals surface area contributed by atoms with Crippen molar-refractivity contribution in [1.82, 2.24) is 14.0 Å². The van der Waals surface area contributed by atoms with Gasteiger partial charge < -0.3 is 0 Å². The second-order valence-corrected chi connectivity index (χ2v) is 9.54. The van der Waals surface area contributed by atoms with Gasteiger partial charge >= 0.3 is 0 Å². The lowest BCUT2D eigenvalue weighted by molar-refractivity contribution is 0.661. The first-order valence-corrected chi connectivity index (χ1v) is 11.2. The molecule has 0 N–H and O–H groups in total. The zero-order valence-corrected chi connectivity index (χ0v) is 18.6. The number of nitrogens with zero attached hydrogens (tertiary/aromatic N) is 3. The lowest BCUT2D eigenvalue weighted by atomic mass is 9.82. The molecule has 0 unspecified atom stereocenters. The van der Waals surface area contributed by atoms with Crippen LogP contribution in [0.5, 0.6) is 0 Å². The first-order chi connectivity index (χ1) is 15.5. The van der Waals surface area contributed by atoms with Crippen LogP contribution in [-0.4, -0.2) is 14.0 Å². The highest BCUT2D eigenvalue weighted by Crippen LogP contribution is 2.50. The van der Waals surface area contributed by atoms with E-state index >= 15 is 0 Å². The average Bonchev–Trinajstić information content (AvgIpc) is 3.38. The van der Waals surface area contributed by atoms with Crippen LogP contribution in [0.25, 0.3) is 44.7 Å². The molecule has 0 radical (unpaired) electrons. The summed E-state index contributed by atoms with van der Waals surface area (Å²) in [6.45, 7) is 4.63. The number of imidazole rings is 2. The molecule has 0 spiro atoms. The summed E-state index contributed by atoms with van der Waals surface area (Å²) >= 11 is 6.40. The fraction of sp³-hybridized carbons (Fsp3) is 0.107. The number of benzene rings is 4. The van der Waals surface area contributed by atoms with Crippen molar-refractivity contribution in [3.8, 4) is 16.8 Å². The Morgan fingerprint density at radius 2 is 1.53 bits per heavy atom. The van der Waals surface area contributed by atoms with Crippen LogP contribution < -0.4 is 0 Å². The van der Waals surface area contributed by atoms with E-state index in [0.29, 0.717) is 5.02 Å². The maximum absolute atomic E-state index is 6.40. The number of rotatable bonds is 1. The molecule has 3 nitrogen and oxygen atoms in total. The molecule has 4 heteroatoms. The maximum Gasteiger partial charge on any atom is 0.220 e. The molecule has 6 aromatic rings. The summed E-state index contributed by atoms with van der Waals surface area (Å²) in [6.07, 6.45) is 0.